The average molecular weight is 455 g/mol. The lowest BCUT2D eigenvalue weighted by Crippen LogP contribution is -2.60. The topological polar surface area (TPSA) is 42.0 Å². The van der Waals surface area contributed by atoms with E-state index in [1.807, 2.05) is 47.4 Å². The number of ether oxygens (including phenoxy) is 2. The Hall–Kier alpha value is -3.73. The number of anilines is 1. The van der Waals surface area contributed by atoms with E-state index < -0.39 is 5.66 Å². The third-order valence-electron chi connectivity index (χ3n) is 7.30. The van der Waals surface area contributed by atoms with Crippen molar-refractivity contribution >= 4 is 17.7 Å². The van der Waals surface area contributed by atoms with Gasteiger partial charge in [-0.3, -0.25) is 4.79 Å². The van der Waals surface area contributed by atoms with Crippen LogP contribution in [0.5, 0.6) is 11.5 Å². The fourth-order valence-electron chi connectivity index (χ4n) is 5.59. The van der Waals surface area contributed by atoms with Crippen molar-refractivity contribution in [3.8, 4) is 11.5 Å². The summed E-state index contributed by atoms with van der Waals surface area (Å²) in [5.41, 5.74) is 3.49. The molecule has 1 fully saturated rings. The van der Waals surface area contributed by atoms with Gasteiger partial charge in [0.05, 0.1) is 20.8 Å². The third kappa shape index (κ3) is 3.18. The normalized spacial score (nSPS) is 20.5. The molecule has 0 spiro atoms. The van der Waals surface area contributed by atoms with Crippen LogP contribution in [0.2, 0.25) is 0 Å². The van der Waals surface area contributed by atoms with Crippen molar-refractivity contribution in [1.82, 2.24) is 4.90 Å². The number of carbonyl (C=O) groups is 1. The molecule has 0 saturated carbocycles. The van der Waals surface area contributed by atoms with Gasteiger partial charge in [0.25, 0.3) is 0 Å². The first-order chi connectivity index (χ1) is 16.4. The van der Waals surface area contributed by atoms with Crippen molar-refractivity contribution < 1.29 is 14.3 Å². The highest BCUT2D eigenvalue weighted by Gasteiger charge is 2.63. The number of carbonyl (C=O) groups excluding carboxylic acids is 1. The van der Waals surface area contributed by atoms with Crippen molar-refractivity contribution in [1.29, 1.82) is 0 Å². The van der Waals surface area contributed by atoms with Crippen LogP contribution in [-0.2, 0) is 16.8 Å². The SMILES string of the molecule is COc1ccc(/C=C/C23N(Cc4ccccc4)C(=O)CN2c2ccccc2C3(C)C)cc1OC. The van der Waals surface area contributed by atoms with Crippen LogP contribution < -0.4 is 14.4 Å². The van der Waals surface area contributed by atoms with Crippen LogP contribution in [0.15, 0.2) is 78.9 Å². The number of rotatable bonds is 6. The third-order valence-corrected chi connectivity index (χ3v) is 7.30. The van der Waals surface area contributed by atoms with Gasteiger partial charge in [-0.05, 0) is 41.0 Å². The zero-order valence-electron chi connectivity index (χ0n) is 20.1. The summed E-state index contributed by atoms with van der Waals surface area (Å²) in [6.07, 6.45) is 4.29. The monoisotopic (exact) mass is 454 g/mol. The van der Waals surface area contributed by atoms with Crippen LogP contribution in [-0.4, -0.2) is 37.2 Å². The molecule has 5 nitrogen and oxygen atoms in total. The van der Waals surface area contributed by atoms with E-state index in [0.29, 0.717) is 24.6 Å². The van der Waals surface area contributed by atoms with E-state index in [9.17, 15) is 4.79 Å². The Labute approximate surface area is 201 Å². The predicted octanol–water partition coefficient (Wildman–Crippen LogP) is 5.25. The molecule has 2 aliphatic heterocycles. The first kappa shape index (κ1) is 22.1. The quantitative estimate of drug-likeness (QED) is 0.510. The van der Waals surface area contributed by atoms with Gasteiger partial charge in [0.2, 0.25) is 5.91 Å². The van der Waals surface area contributed by atoms with Gasteiger partial charge in [-0.2, -0.15) is 0 Å². The van der Waals surface area contributed by atoms with Gasteiger partial charge in [-0.15, -0.1) is 0 Å². The molecule has 0 bridgehead atoms. The zero-order valence-corrected chi connectivity index (χ0v) is 20.1. The lowest BCUT2D eigenvalue weighted by Gasteiger charge is -2.46. The minimum Gasteiger partial charge on any atom is -0.493 e. The molecule has 5 rings (SSSR count). The summed E-state index contributed by atoms with van der Waals surface area (Å²) in [6.45, 7) is 5.37. The van der Waals surface area contributed by atoms with E-state index in [1.54, 1.807) is 14.2 Å². The molecule has 174 valence electrons. The van der Waals surface area contributed by atoms with Crippen LogP contribution in [0.1, 0.15) is 30.5 Å². The molecule has 2 heterocycles. The fraction of sp³-hybridized carbons (Fsp3) is 0.276. The largest absolute Gasteiger partial charge is 0.493 e. The maximum atomic E-state index is 13.5. The molecule has 1 atom stereocenters. The Morgan fingerprint density at radius 2 is 1.62 bits per heavy atom. The predicted molar refractivity (Wildman–Crippen MR) is 135 cm³/mol. The molecule has 3 aromatic carbocycles. The van der Waals surface area contributed by atoms with E-state index >= 15 is 0 Å². The highest BCUT2D eigenvalue weighted by Crippen LogP contribution is 2.56. The minimum atomic E-state index is -0.642. The van der Waals surface area contributed by atoms with Gasteiger partial charge in [-0.1, -0.05) is 74.5 Å². The van der Waals surface area contributed by atoms with Crippen molar-refractivity contribution in [2.24, 2.45) is 0 Å². The lowest BCUT2D eigenvalue weighted by atomic mass is 9.74. The second kappa shape index (κ2) is 8.24. The Balaban J connectivity index is 1.65. The number of benzene rings is 3. The molecule has 0 N–H and O–H groups in total. The summed E-state index contributed by atoms with van der Waals surface area (Å²) in [4.78, 5) is 17.8. The van der Waals surface area contributed by atoms with E-state index in [0.717, 1.165) is 16.8 Å². The lowest BCUT2D eigenvalue weighted by molar-refractivity contribution is -0.131. The molecular formula is C29H30N2O3. The Kier molecular flexibility index (Phi) is 5.35. The van der Waals surface area contributed by atoms with Gasteiger partial charge in [0, 0.05) is 17.6 Å². The molecule has 0 radical (unpaired) electrons. The maximum Gasteiger partial charge on any atom is 0.244 e. The average Bonchev–Trinajstić information content (AvgIpc) is 3.24. The number of fused-ring (bicyclic) bond motifs is 3. The molecule has 1 unspecified atom stereocenters. The number of hydrogen-bond acceptors (Lipinski definition) is 4. The Bertz CT molecular complexity index is 1250. The van der Waals surface area contributed by atoms with Crippen molar-refractivity contribution in [3.63, 3.8) is 0 Å². The van der Waals surface area contributed by atoms with E-state index in [-0.39, 0.29) is 11.3 Å². The van der Waals surface area contributed by atoms with Crippen molar-refractivity contribution in [2.75, 3.05) is 25.7 Å². The van der Waals surface area contributed by atoms with Crippen LogP contribution in [0, 0.1) is 0 Å². The molecule has 0 aromatic heterocycles. The Morgan fingerprint density at radius 3 is 2.35 bits per heavy atom. The fourth-order valence-corrected chi connectivity index (χ4v) is 5.59. The van der Waals surface area contributed by atoms with E-state index in [2.05, 4.69) is 61.2 Å². The van der Waals surface area contributed by atoms with Gasteiger partial charge in [0.1, 0.15) is 5.66 Å². The highest BCUT2D eigenvalue weighted by molar-refractivity contribution is 5.91. The first-order valence-electron chi connectivity index (χ1n) is 11.5. The van der Waals surface area contributed by atoms with E-state index in [1.165, 1.54) is 5.56 Å². The summed E-state index contributed by atoms with van der Waals surface area (Å²) in [6, 6.07) is 24.5. The van der Waals surface area contributed by atoms with Gasteiger partial charge < -0.3 is 19.3 Å². The molecule has 5 heteroatoms. The summed E-state index contributed by atoms with van der Waals surface area (Å²) in [7, 11) is 3.27. The number of hydrogen-bond donors (Lipinski definition) is 0. The van der Waals surface area contributed by atoms with Crippen LogP contribution in [0.25, 0.3) is 6.08 Å². The summed E-state index contributed by atoms with van der Waals surface area (Å²) >= 11 is 0. The number of methoxy groups -OCH3 is 2. The van der Waals surface area contributed by atoms with Crippen LogP contribution in [0.3, 0.4) is 0 Å². The molecule has 0 aliphatic carbocycles. The smallest absolute Gasteiger partial charge is 0.244 e. The zero-order chi connectivity index (χ0) is 23.9. The van der Waals surface area contributed by atoms with Crippen LogP contribution >= 0.6 is 0 Å². The Morgan fingerprint density at radius 1 is 0.912 bits per heavy atom. The van der Waals surface area contributed by atoms with Crippen molar-refractivity contribution in [3.05, 3.63) is 95.6 Å². The van der Waals surface area contributed by atoms with Crippen LogP contribution in [0.4, 0.5) is 5.69 Å². The number of amides is 1. The summed E-state index contributed by atoms with van der Waals surface area (Å²) in [5, 5.41) is 0. The maximum absolute atomic E-state index is 13.5. The summed E-state index contributed by atoms with van der Waals surface area (Å²) < 4.78 is 10.9. The molecule has 3 aromatic rings. The first-order valence-corrected chi connectivity index (χ1v) is 11.5. The minimum absolute atomic E-state index is 0.128. The molecular weight excluding hydrogens is 424 g/mol. The summed E-state index contributed by atoms with van der Waals surface area (Å²) in [5.74, 6) is 1.50. The molecule has 1 amide bonds. The number of para-hydroxylation sites is 1. The van der Waals surface area contributed by atoms with Crippen molar-refractivity contribution in [2.45, 2.75) is 31.5 Å². The standard InChI is InChI=1S/C29H30N2O3/c1-28(2)23-12-8-9-13-24(23)30-20-27(32)31(19-22-10-6-5-7-11-22)29(28,30)17-16-21-14-15-25(33-3)26(18-21)34-4/h5-18H,19-20H2,1-4H3/b17-16+. The van der Waals surface area contributed by atoms with Gasteiger partial charge in [0.15, 0.2) is 11.5 Å². The highest BCUT2D eigenvalue weighted by atomic mass is 16.5. The molecule has 34 heavy (non-hydrogen) atoms. The molecule has 2 aliphatic rings. The van der Waals surface area contributed by atoms with Gasteiger partial charge >= 0.3 is 0 Å². The van der Waals surface area contributed by atoms with E-state index in [4.69, 9.17) is 9.47 Å². The number of nitrogens with zero attached hydrogens (tertiary/aromatic N) is 2. The second-order valence-electron chi connectivity index (χ2n) is 9.37. The second-order valence-corrected chi connectivity index (χ2v) is 9.37. The molecule has 1 saturated heterocycles. The van der Waals surface area contributed by atoms with Gasteiger partial charge in [-0.25, -0.2) is 0 Å².